The molecule has 1 heterocycles. The molecule has 1 N–H and O–H groups in total. The zero-order valence-electron chi connectivity index (χ0n) is 13.9. The van der Waals surface area contributed by atoms with E-state index in [2.05, 4.69) is 0 Å². The number of fused-ring (bicyclic) bond motifs is 1. The van der Waals surface area contributed by atoms with Gasteiger partial charge in [-0.15, -0.1) is 0 Å². The molecule has 2 aromatic rings. The largest absolute Gasteiger partial charge is 0.504 e. The summed E-state index contributed by atoms with van der Waals surface area (Å²) in [5.41, 5.74) is 3.89. The number of aryl methyl sites for hydroxylation is 1. The number of methoxy groups -OCH3 is 1. The van der Waals surface area contributed by atoms with E-state index in [1.165, 1.54) is 7.11 Å². The molecule has 0 spiro atoms. The molecule has 0 bridgehead atoms. The number of nitrogens with zero attached hydrogens (tertiary/aromatic N) is 1. The van der Waals surface area contributed by atoms with Crippen LogP contribution >= 0.6 is 0 Å². The highest BCUT2D eigenvalue weighted by Crippen LogP contribution is 2.38. The van der Waals surface area contributed by atoms with Crippen LogP contribution in [0.1, 0.15) is 11.1 Å². The lowest BCUT2D eigenvalue weighted by Gasteiger charge is -2.19. The molecule has 24 heavy (non-hydrogen) atoms. The summed E-state index contributed by atoms with van der Waals surface area (Å²) < 4.78 is 10.6. The molecule has 0 saturated carbocycles. The molecular formula is C19H21NO4. The molecule has 0 saturated heterocycles. The van der Waals surface area contributed by atoms with Gasteiger partial charge in [0.1, 0.15) is 13.2 Å². The average Bonchev–Trinajstić information content (AvgIpc) is 2.78. The van der Waals surface area contributed by atoms with Gasteiger partial charge in [0.2, 0.25) is 5.91 Å². The summed E-state index contributed by atoms with van der Waals surface area (Å²) in [6.07, 6.45) is 0. The number of ether oxygens (including phenoxy) is 2. The first-order valence-electron chi connectivity index (χ1n) is 7.91. The topological polar surface area (TPSA) is 59.0 Å². The first kappa shape index (κ1) is 16.3. The van der Waals surface area contributed by atoms with E-state index >= 15 is 0 Å². The van der Waals surface area contributed by atoms with Crippen LogP contribution in [0.3, 0.4) is 0 Å². The van der Waals surface area contributed by atoms with Crippen LogP contribution in [0.2, 0.25) is 0 Å². The lowest BCUT2D eigenvalue weighted by Crippen LogP contribution is -2.34. The van der Waals surface area contributed by atoms with Crippen molar-refractivity contribution in [2.24, 2.45) is 0 Å². The smallest absolute Gasteiger partial charge is 0.248 e. The second-order valence-corrected chi connectivity index (χ2v) is 5.90. The molecular weight excluding hydrogens is 306 g/mol. The maximum atomic E-state index is 12.1. The molecule has 0 unspecified atom stereocenters. The summed E-state index contributed by atoms with van der Waals surface area (Å²) in [5, 5.41) is 10.4. The van der Waals surface area contributed by atoms with E-state index in [4.69, 9.17) is 9.47 Å². The summed E-state index contributed by atoms with van der Waals surface area (Å²) in [6.45, 7) is 3.28. The minimum Gasteiger partial charge on any atom is -0.504 e. The molecule has 1 amide bonds. The molecule has 0 atom stereocenters. The van der Waals surface area contributed by atoms with Crippen molar-refractivity contribution >= 4 is 5.91 Å². The van der Waals surface area contributed by atoms with E-state index in [1.807, 2.05) is 37.3 Å². The molecule has 1 aliphatic rings. The zero-order valence-corrected chi connectivity index (χ0v) is 13.9. The number of phenolic OH excluding ortho intramolecular Hbond substituents is 1. The van der Waals surface area contributed by atoms with Crippen LogP contribution in [-0.4, -0.2) is 42.8 Å². The van der Waals surface area contributed by atoms with Gasteiger partial charge in [-0.2, -0.15) is 0 Å². The molecule has 0 radical (unpaired) electrons. The summed E-state index contributed by atoms with van der Waals surface area (Å²) in [5.74, 6) is 0.474. The van der Waals surface area contributed by atoms with Crippen LogP contribution in [0, 0.1) is 6.92 Å². The highest BCUT2D eigenvalue weighted by atomic mass is 16.5. The first-order chi connectivity index (χ1) is 11.6. The fourth-order valence-corrected chi connectivity index (χ4v) is 2.98. The SMILES string of the molecule is COCC(=O)N1CCOc2c(O)cc(-c3ccccc3C)cc2C1. The Bertz CT molecular complexity index is 757. The Balaban J connectivity index is 2.00. The number of rotatable bonds is 3. The molecule has 2 aromatic carbocycles. The maximum Gasteiger partial charge on any atom is 0.248 e. The van der Waals surface area contributed by atoms with Crippen LogP contribution in [0.4, 0.5) is 0 Å². The standard InChI is InChI=1S/C19H21NO4/c1-13-5-3-4-6-16(13)14-9-15-11-20(18(22)12-23-2)7-8-24-19(15)17(21)10-14/h3-6,9-10,21H,7-8,11-12H2,1-2H3. The number of hydrogen-bond acceptors (Lipinski definition) is 4. The Morgan fingerprint density at radius 1 is 1.33 bits per heavy atom. The summed E-state index contributed by atoms with van der Waals surface area (Å²) in [4.78, 5) is 13.8. The molecule has 126 valence electrons. The quantitative estimate of drug-likeness (QED) is 0.942. The van der Waals surface area contributed by atoms with Gasteiger partial charge in [-0.25, -0.2) is 0 Å². The minimum absolute atomic E-state index is 0.0405. The van der Waals surface area contributed by atoms with Crippen molar-refractivity contribution in [1.82, 2.24) is 4.90 Å². The van der Waals surface area contributed by atoms with Crippen molar-refractivity contribution in [3.05, 3.63) is 47.5 Å². The number of phenols is 1. The fourth-order valence-electron chi connectivity index (χ4n) is 2.98. The third-order valence-electron chi connectivity index (χ3n) is 4.19. The Hall–Kier alpha value is -2.53. The van der Waals surface area contributed by atoms with E-state index in [9.17, 15) is 9.90 Å². The Kier molecular flexibility index (Phi) is 4.71. The van der Waals surface area contributed by atoms with E-state index in [-0.39, 0.29) is 18.3 Å². The van der Waals surface area contributed by atoms with E-state index in [1.54, 1.807) is 11.0 Å². The second kappa shape index (κ2) is 6.93. The number of carbonyl (C=O) groups is 1. The molecule has 0 aromatic heterocycles. The average molecular weight is 327 g/mol. The van der Waals surface area contributed by atoms with Gasteiger partial charge in [-0.1, -0.05) is 24.3 Å². The van der Waals surface area contributed by atoms with Gasteiger partial charge in [-0.05, 0) is 35.7 Å². The molecule has 3 rings (SSSR count). The van der Waals surface area contributed by atoms with Crippen molar-refractivity contribution in [2.45, 2.75) is 13.5 Å². The van der Waals surface area contributed by atoms with Crippen LogP contribution in [0.5, 0.6) is 11.5 Å². The van der Waals surface area contributed by atoms with Gasteiger partial charge in [0.25, 0.3) is 0 Å². The van der Waals surface area contributed by atoms with Crippen molar-refractivity contribution in [1.29, 1.82) is 0 Å². The van der Waals surface area contributed by atoms with Gasteiger partial charge in [0, 0.05) is 19.2 Å². The predicted octanol–water partition coefficient (Wildman–Crippen LogP) is 2.74. The Labute approximate surface area is 141 Å². The minimum atomic E-state index is -0.0882. The molecule has 5 heteroatoms. The number of amides is 1. The van der Waals surface area contributed by atoms with Crippen molar-refractivity contribution in [3.8, 4) is 22.6 Å². The number of hydrogen-bond donors (Lipinski definition) is 1. The number of carbonyl (C=O) groups excluding carboxylic acids is 1. The first-order valence-corrected chi connectivity index (χ1v) is 7.91. The summed E-state index contributed by atoms with van der Waals surface area (Å²) >= 11 is 0. The third kappa shape index (κ3) is 3.21. The van der Waals surface area contributed by atoms with Gasteiger partial charge in [0.05, 0.1) is 6.54 Å². The molecule has 0 fully saturated rings. The van der Waals surface area contributed by atoms with E-state index in [0.29, 0.717) is 25.4 Å². The van der Waals surface area contributed by atoms with Gasteiger partial charge >= 0.3 is 0 Å². The molecule has 0 aliphatic carbocycles. The van der Waals surface area contributed by atoms with Crippen molar-refractivity contribution in [3.63, 3.8) is 0 Å². The lowest BCUT2D eigenvalue weighted by atomic mass is 9.98. The Morgan fingerprint density at radius 3 is 2.88 bits per heavy atom. The van der Waals surface area contributed by atoms with Crippen LogP contribution in [0.15, 0.2) is 36.4 Å². The molecule has 1 aliphatic heterocycles. The zero-order chi connectivity index (χ0) is 17.1. The van der Waals surface area contributed by atoms with Gasteiger partial charge < -0.3 is 19.5 Å². The fraction of sp³-hybridized carbons (Fsp3) is 0.316. The second-order valence-electron chi connectivity index (χ2n) is 5.90. The predicted molar refractivity (Wildman–Crippen MR) is 91.1 cm³/mol. The van der Waals surface area contributed by atoms with E-state index in [0.717, 1.165) is 22.3 Å². The maximum absolute atomic E-state index is 12.1. The highest BCUT2D eigenvalue weighted by Gasteiger charge is 2.22. The summed E-state index contributed by atoms with van der Waals surface area (Å²) in [6, 6.07) is 11.7. The molecule has 5 nitrogen and oxygen atoms in total. The van der Waals surface area contributed by atoms with Crippen molar-refractivity contribution in [2.75, 3.05) is 26.9 Å². The number of benzene rings is 2. The van der Waals surface area contributed by atoms with Gasteiger partial charge in [-0.3, -0.25) is 4.79 Å². The van der Waals surface area contributed by atoms with E-state index < -0.39 is 0 Å². The van der Waals surface area contributed by atoms with Gasteiger partial charge in [0.15, 0.2) is 11.5 Å². The highest BCUT2D eigenvalue weighted by molar-refractivity contribution is 5.78. The summed E-state index contributed by atoms with van der Waals surface area (Å²) in [7, 11) is 1.50. The van der Waals surface area contributed by atoms with Crippen LogP contribution in [0.25, 0.3) is 11.1 Å². The van der Waals surface area contributed by atoms with Crippen molar-refractivity contribution < 1.29 is 19.4 Å². The third-order valence-corrected chi connectivity index (χ3v) is 4.19. The Morgan fingerprint density at radius 2 is 2.12 bits per heavy atom. The van der Waals surface area contributed by atoms with Crippen LogP contribution < -0.4 is 4.74 Å². The number of aromatic hydroxyl groups is 1. The monoisotopic (exact) mass is 327 g/mol. The lowest BCUT2D eigenvalue weighted by molar-refractivity contribution is -0.135. The van der Waals surface area contributed by atoms with Crippen LogP contribution in [-0.2, 0) is 16.1 Å². The normalized spacial score (nSPS) is 13.8.